The van der Waals surface area contributed by atoms with Crippen molar-refractivity contribution in [3.05, 3.63) is 104 Å². The topological polar surface area (TPSA) is 92.6 Å². The Bertz CT molecular complexity index is 1300. The quantitative estimate of drug-likeness (QED) is 0.327. The zero-order valence-corrected chi connectivity index (χ0v) is 18.0. The zero-order valence-electron chi connectivity index (χ0n) is 17.3. The summed E-state index contributed by atoms with van der Waals surface area (Å²) in [6.45, 7) is 3.82. The molecular weight excluding hydrogens is 430 g/mol. The molecule has 0 fully saturated rings. The molecule has 3 aromatic rings. The van der Waals surface area contributed by atoms with E-state index in [-0.39, 0.29) is 17.0 Å². The summed E-state index contributed by atoms with van der Waals surface area (Å²) in [6, 6.07) is 17.7. The van der Waals surface area contributed by atoms with Gasteiger partial charge < -0.3 is 5.32 Å². The van der Waals surface area contributed by atoms with Gasteiger partial charge in [0.2, 0.25) is 0 Å². The summed E-state index contributed by atoms with van der Waals surface area (Å²) in [7, 11) is 0. The van der Waals surface area contributed by atoms with Crippen LogP contribution in [0.2, 0.25) is 5.02 Å². The standard InChI is InChI=1S/C24H18ClN3O4/c1-14-6-7-15(2)20(12-14)26-22-21(16-8-10-18(11-9-16)28(31)32)23(29)27(24(22)30)19-5-3-4-17(25)13-19/h3-13,26H,1-2H3. The van der Waals surface area contributed by atoms with Crippen molar-refractivity contribution < 1.29 is 14.5 Å². The summed E-state index contributed by atoms with van der Waals surface area (Å²) in [5, 5.41) is 14.5. The highest BCUT2D eigenvalue weighted by atomic mass is 35.5. The molecule has 160 valence electrons. The minimum atomic E-state index is -0.543. The number of hydrogen-bond donors (Lipinski definition) is 1. The van der Waals surface area contributed by atoms with E-state index < -0.39 is 16.7 Å². The molecule has 1 aliphatic rings. The molecule has 8 heteroatoms. The Morgan fingerprint density at radius 2 is 1.66 bits per heavy atom. The fourth-order valence-electron chi connectivity index (χ4n) is 3.52. The smallest absolute Gasteiger partial charge is 0.282 e. The van der Waals surface area contributed by atoms with Crippen molar-refractivity contribution in [3.8, 4) is 0 Å². The summed E-state index contributed by atoms with van der Waals surface area (Å²) in [5.74, 6) is -1.08. The lowest BCUT2D eigenvalue weighted by atomic mass is 10.0. The molecule has 0 radical (unpaired) electrons. The van der Waals surface area contributed by atoms with Crippen LogP contribution in [0.25, 0.3) is 5.57 Å². The Labute approximate surface area is 189 Å². The Kier molecular flexibility index (Phi) is 5.50. The number of anilines is 2. The van der Waals surface area contributed by atoms with Crippen LogP contribution in [0.1, 0.15) is 16.7 Å². The number of amides is 2. The van der Waals surface area contributed by atoms with Gasteiger partial charge in [0.15, 0.2) is 0 Å². The average molecular weight is 448 g/mol. The van der Waals surface area contributed by atoms with Crippen molar-refractivity contribution in [2.75, 3.05) is 10.2 Å². The molecule has 0 bridgehead atoms. The van der Waals surface area contributed by atoms with Crippen molar-refractivity contribution >= 4 is 46.1 Å². The van der Waals surface area contributed by atoms with Crippen molar-refractivity contribution in [1.29, 1.82) is 0 Å². The van der Waals surface area contributed by atoms with Gasteiger partial charge in [0, 0.05) is 22.8 Å². The molecule has 1 aliphatic heterocycles. The number of non-ortho nitro benzene ring substituents is 1. The molecule has 0 spiro atoms. The first-order chi connectivity index (χ1) is 15.3. The van der Waals surface area contributed by atoms with Gasteiger partial charge in [-0.15, -0.1) is 0 Å². The Morgan fingerprint density at radius 1 is 0.938 bits per heavy atom. The minimum absolute atomic E-state index is 0.0949. The maximum Gasteiger partial charge on any atom is 0.282 e. The van der Waals surface area contributed by atoms with Gasteiger partial charge in [0.25, 0.3) is 17.5 Å². The van der Waals surface area contributed by atoms with Gasteiger partial charge in [-0.05, 0) is 66.9 Å². The van der Waals surface area contributed by atoms with E-state index in [1.807, 2.05) is 32.0 Å². The van der Waals surface area contributed by atoms with E-state index in [1.54, 1.807) is 18.2 Å². The molecule has 1 heterocycles. The van der Waals surface area contributed by atoms with Crippen molar-refractivity contribution in [2.24, 2.45) is 0 Å². The summed E-state index contributed by atoms with van der Waals surface area (Å²) in [5.41, 5.74) is 3.42. The Hall–Kier alpha value is -3.97. The molecule has 4 rings (SSSR count). The molecule has 7 nitrogen and oxygen atoms in total. The van der Waals surface area contributed by atoms with Crippen molar-refractivity contribution in [1.82, 2.24) is 0 Å². The van der Waals surface area contributed by atoms with Crippen LogP contribution < -0.4 is 10.2 Å². The van der Waals surface area contributed by atoms with Gasteiger partial charge in [-0.2, -0.15) is 0 Å². The highest BCUT2D eigenvalue weighted by Crippen LogP contribution is 2.35. The molecular formula is C24H18ClN3O4. The van der Waals surface area contributed by atoms with E-state index in [0.717, 1.165) is 16.0 Å². The van der Waals surface area contributed by atoms with E-state index in [0.29, 0.717) is 22.0 Å². The lowest BCUT2D eigenvalue weighted by Gasteiger charge is -2.16. The van der Waals surface area contributed by atoms with Crippen LogP contribution in [0, 0.1) is 24.0 Å². The number of nitrogens with one attached hydrogen (secondary N) is 1. The van der Waals surface area contributed by atoms with E-state index in [1.165, 1.54) is 30.3 Å². The second kappa shape index (κ2) is 8.28. The Morgan fingerprint density at radius 3 is 2.31 bits per heavy atom. The summed E-state index contributed by atoms with van der Waals surface area (Å²) in [6.07, 6.45) is 0. The minimum Gasteiger partial charge on any atom is -0.350 e. The van der Waals surface area contributed by atoms with Crippen LogP contribution in [-0.4, -0.2) is 16.7 Å². The monoisotopic (exact) mass is 447 g/mol. The normalized spacial score (nSPS) is 13.7. The van der Waals surface area contributed by atoms with Crippen LogP contribution in [-0.2, 0) is 9.59 Å². The number of carbonyl (C=O) groups is 2. The number of nitrogens with zero attached hydrogens (tertiary/aromatic N) is 2. The maximum atomic E-state index is 13.4. The number of rotatable bonds is 5. The highest BCUT2D eigenvalue weighted by molar-refractivity contribution is 6.46. The van der Waals surface area contributed by atoms with E-state index in [2.05, 4.69) is 5.32 Å². The summed E-state index contributed by atoms with van der Waals surface area (Å²) >= 11 is 6.08. The summed E-state index contributed by atoms with van der Waals surface area (Å²) < 4.78 is 0. The van der Waals surface area contributed by atoms with Crippen molar-refractivity contribution in [2.45, 2.75) is 13.8 Å². The van der Waals surface area contributed by atoms with Gasteiger partial charge in [0.05, 0.1) is 16.2 Å². The first-order valence-corrected chi connectivity index (χ1v) is 10.1. The molecule has 3 aromatic carbocycles. The predicted octanol–water partition coefficient (Wildman–Crippen LogP) is 5.26. The van der Waals surface area contributed by atoms with Gasteiger partial charge in [-0.1, -0.05) is 29.8 Å². The van der Waals surface area contributed by atoms with Gasteiger partial charge in [-0.25, -0.2) is 4.90 Å². The third kappa shape index (κ3) is 3.86. The van der Waals surface area contributed by atoms with Crippen molar-refractivity contribution in [3.63, 3.8) is 0 Å². The number of aryl methyl sites for hydroxylation is 2. The fourth-order valence-corrected chi connectivity index (χ4v) is 3.70. The molecule has 0 aliphatic carbocycles. The highest BCUT2D eigenvalue weighted by Gasteiger charge is 2.40. The first kappa shape index (κ1) is 21.3. The second-order valence-electron chi connectivity index (χ2n) is 7.42. The molecule has 0 aromatic heterocycles. The van der Waals surface area contributed by atoms with Crippen LogP contribution in [0.15, 0.2) is 72.4 Å². The SMILES string of the molecule is Cc1ccc(C)c(NC2=C(c3ccc([N+](=O)[O-])cc3)C(=O)N(c3cccc(Cl)c3)C2=O)c1. The summed E-state index contributed by atoms with van der Waals surface area (Å²) in [4.78, 5) is 38.4. The maximum absolute atomic E-state index is 13.4. The predicted molar refractivity (Wildman–Crippen MR) is 124 cm³/mol. The molecule has 32 heavy (non-hydrogen) atoms. The number of nitro groups is 1. The largest absolute Gasteiger partial charge is 0.350 e. The zero-order chi connectivity index (χ0) is 23.0. The van der Waals surface area contributed by atoms with Crippen LogP contribution in [0.4, 0.5) is 17.1 Å². The van der Waals surface area contributed by atoms with Crippen LogP contribution in [0.3, 0.4) is 0 Å². The number of benzene rings is 3. The van der Waals surface area contributed by atoms with Gasteiger partial charge >= 0.3 is 0 Å². The third-order valence-corrected chi connectivity index (χ3v) is 5.40. The third-order valence-electron chi connectivity index (χ3n) is 5.17. The van der Waals surface area contributed by atoms with E-state index in [4.69, 9.17) is 11.6 Å². The number of imide groups is 1. The van der Waals surface area contributed by atoms with Gasteiger partial charge in [-0.3, -0.25) is 19.7 Å². The number of carbonyl (C=O) groups excluding carboxylic acids is 2. The first-order valence-electron chi connectivity index (χ1n) is 9.74. The van der Waals surface area contributed by atoms with Crippen LogP contribution >= 0.6 is 11.6 Å². The van der Waals surface area contributed by atoms with E-state index in [9.17, 15) is 19.7 Å². The van der Waals surface area contributed by atoms with E-state index >= 15 is 0 Å². The average Bonchev–Trinajstić information content (AvgIpc) is 3.00. The molecule has 1 N–H and O–H groups in total. The Balaban J connectivity index is 1.85. The number of hydrogen-bond acceptors (Lipinski definition) is 5. The van der Waals surface area contributed by atoms with Crippen LogP contribution in [0.5, 0.6) is 0 Å². The fraction of sp³-hybridized carbons (Fsp3) is 0.0833. The van der Waals surface area contributed by atoms with Gasteiger partial charge in [0.1, 0.15) is 5.70 Å². The number of nitro benzene ring substituents is 1. The molecule has 0 saturated heterocycles. The molecule has 0 atom stereocenters. The lowest BCUT2D eigenvalue weighted by molar-refractivity contribution is -0.384. The second-order valence-corrected chi connectivity index (χ2v) is 7.86. The lowest BCUT2D eigenvalue weighted by Crippen LogP contribution is -2.32. The molecule has 0 saturated carbocycles. The number of halogens is 1. The molecule has 2 amide bonds. The molecule has 0 unspecified atom stereocenters.